The molecule has 0 radical (unpaired) electrons. The molecule has 0 unspecified atom stereocenters. The fraction of sp³-hybridized carbons (Fsp3) is 0.333. The largest absolute Gasteiger partial charge is 0.493 e. The highest BCUT2D eigenvalue weighted by atomic mass is 16.5. The van der Waals surface area contributed by atoms with Crippen molar-refractivity contribution in [3.05, 3.63) is 34.1 Å². The number of hydrogen-bond acceptors (Lipinski definition) is 4. The van der Waals surface area contributed by atoms with Gasteiger partial charge in [-0.05, 0) is 12.1 Å². The topological polar surface area (TPSA) is 80.4 Å². The number of carbonyl (C=O) groups is 1. The Bertz CT molecular complexity index is 721. The minimum atomic E-state index is -0.230. The van der Waals surface area contributed by atoms with Crippen LogP contribution in [0.4, 0.5) is 0 Å². The number of benzene rings is 1. The van der Waals surface area contributed by atoms with Crippen molar-refractivity contribution in [2.24, 2.45) is 0 Å². The standard InChI is InChI=1S/C15H18N2O4/c1-4-14(18)16-8-10-5-9-6-12(20-2)13(21-3)7-11(9)17-15(10)19/h5-7H,4,8H2,1-3H3,(H,16,18)(H,17,19). The third kappa shape index (κ3) is 3.16. The minimum Gasteiger partial charge on any atom is -0.493 e. The molecule has 1 amide bonds. The van der Waals surface area contributed by atoms with Gasteiger partial charge in [-0.15, -0.1) is 0 Å². The number of rotatable bonds is 5. The summed E-state index contributed by atoms with van der Waals surface area (Å²) in [5.74, 6) is 1.04. The Morgan fingerprint density at radius 3 is 2.48 bits per heavy atom. The second kappa shape index (κ2) is 6.30. The highest BCUT2D eigenvalue weighted by Crippen LogP contribution is 2.30. The van der Waals surface area contributed by atoms with Gasteiger partial charge in [0.25, 0.3) is 5.56 Å². The van der Waals surface area contributed by atoms with Gasteiger partial charge in [-0.2, -0.15) is 0 Å². The van der Waals surface area contributed by atoms with Gasteiger partial charge in [0.15, 0.2) is 11.5 Å². The van der Waals surface area contributed by atoms with Crippen molar-refractivity contribution in [1.82, 2.24) is 10.3 Å². The highest BCUT2D eigenvalue weighted by Gasteiger charge is 2.09. The molecule has 2 rings (SSSR count). The number of ether oxygens (including phenoxy) is 2. The van der Waals surface area contributed by atoms with Crippen LogP contribution in [-0.2, 0) is 11.3 Å². The summed E-state index contributed by atoms with van der Waals surface area (Å²) < 4.78 is 10.4. The van der Waals surface area contributed by atoms with Gasteiger partial charge in [-0.25, -0.2) is 0 Å². The van der Waals surface area contributed by atoms with Gasteiger partial charge in [0.05, 0.1) is 19.7 Å². The van der Waals surface area contributed by atoms with E-state index < -0.39 is 0 Å². The second-order valence-electron chi connectivity index (χ2n) is 4.55. The van der Waals surface area contributed by atoms with Crippen molar-refractivity contribution in [2.75, 3.05) is 14.2 Å². The Morgan fingerprint density at radius 2 is 1.86 bits per heavy atom. The number of hydrogen-bond donors (Lipinski definition) is 2. The Balaban J connectivity index is 2.44. The van der Waals surface area contributed by atoms with Crippen molar-refractivity contribution >= 4 is 16.8 Å². The summed E-state index contributed by atoms with van der Waals surface area (Å²) in [7, 11) is 3.09. The molecule has 0 atom stereocenters. The fourth-order valence-electron chi connectivity index (χ4n) is 2.03. The number of nitrogens with one attached hydrogen (secondary N) is 2. The first-order valence-corrected chi connectivity index (χ1v) is 6.63. The quantitative estimate of drug-likeness (QED) is 0.876. The third-order valence-electron chi connectivity index (χ3n) is 3.22. The smallest absolute Gasteiger partial charge is 0.253 e. The maximum absolute atomic E-state index is 12.0. The molecule has 0 aliphatic rings. The molecule has 0 aliphatic carbocycles. The van der Waals surface area contributed by atoms with E-state index in [1.807, 2.05) is 0 Å². The van der Waals surface area contributed by atoms with E-state index in [2.05, 4.69) is 10.3 Å². The highest BCUT2D eigenvalue weighted by molar-refractivity contribution is 5.83. The van der Waals surface area contributed by atoms with Gasteiger partial charge < -0.3 is 19.8 Å². The summed E-state index contributed by atoms with van der Waals surface area (Å²) in [6.07, 6.45) is 0.385. The SMILES string of the molecule is CCC(=O)NCc1cc2cc(OC)c(OC)cc2[nH]c1=O. The Labute approximate surface area is 122 Å². The van der Waals surface area contributed by atoms with Gasteiger partial charge in [0.2, 0.25) is 5.91 Å². The molecule has 0 aliphatic heterocycles. The van der Waals surface area contributed by atoms with Crippen LogP contribution in [0.5, 0.6) is 11.5 Å². The summed E-state index contributed by atoms with van der Waals surface area (Å²) in [5.41, 5.74) is 0.922. The predicted molar refractivity (Wildman–Crippen MR) is 79.8 cm³/mol. The molecule has 1 heterocycles. The van der Waals surface area contributed by atoms with Crippen molar-refractivity contribution < 1.29 is 14.3 Å². The van der Waals surface area contributed by atoms with Crippen LogP contribution in [-0.4, -0.2) is 25.1 Å². The molecule has 0 spiro atoms. The van der Waals surface area contributed by atoms with Crippen LogP contribution in [0.2, 0.25) is 0 Å². The van der Waals surface area contributed by atoms with Gasteiger partial charge in [0, 0.05) is 30.0 Å². The molecule has 6 heteroatoms. The van der Waals surface area contributed by atoms with E-state index in [0.29, 0.717) is 29.0 Å². The molecule has 2 N–H and O–H groups in total. The lowest BCUT2D eigenvalue weighted by Crippen LogP contribution is -2.25. The first kappa shape index (κ1) is 14.9. The lowest BCUT2D eigenvalue weighted by Gasteiger charge is -2.10. The summed E-state index contributed by atoms with van der Waals surface area (Å²) >= 11 is 0. The summed E-state index contributed by atoms with van der Waals surface area (Å²) in [5, 5.41) is 3.50. The van der Waals surface area contributed by atoms with Crippen LogP contribution >= 0.6 is 0 Å². The van der Waals surface area contributed by atoms with Crippen LogP contribution in [0.1, 0.15) is 18.9 Å². The second-order valence-corrected chi connectivity index (χ2v) is 4.55. The number of H-pyrrole nitrogens is 1. The average molecular weight is 290 g/mol. The molecule has 0 saturated carbocycles. The van der Waals surface area contributed by atoms with Crippen LogP contribution in [0.3, 0.4) is 0 Å². The summed E-state index contributed by atoms with van der Waals surface area (Å²) in [6, 6.07) is 5.24. The van der Waals surface area contributed by atoms with Gasteiger partial charge in [-0.3, -0.25) is 9.59 Å². The molecule has 21 heavy (non-hydrogen) atoms. The number of methoxy groups -OCH3 is 2. The third-order valence-corrected chi connectivity index (χ3v) is 3.22. The van der Waals surface area contributed by atoms with Crippen LogP contribution < -0.4 is 20.3 Å². The molecule has 1 aromatic carbocycles. The van der Waals surface area contributed by atoms with E-state index in [9.17, 15) is 9.59 Å². The number of carbonyl (C=O) groups excluding carboxylic acids is 1. The van der Waals surface area contributed by atoms with E-state index in [-0.39, 0.29) is 18.0 Å². The van der Waals surface area contributed by atoms with E-state index in [4.69, 9.17) is 9.47 Å². The maximum atomic E-state index is 12.0. The van der Waals surface area contributed by atoms with E-state index in [1.165, 1.54) is 7.11 Å². The monoisotopic (exact) mass is 290 g/mol. The number of fused-ring (bicyclic) bond motifs is 1. The summed E-state index contributed by atoms with van der Waals surface area (Å²) in [4.78, 5) is 26.1. The van der Waals surface area contributed by atoms with E-state index in [1.54, 1.807) is 32.2 Å². The van der Waals surface area contributed by atoms with Gasteiger partial charge >= 0.3 is 0 Å². The molecular weight excluding hydrogens is 272 g/mol. The maximum Gasteiger partial charge on any atom is 0.253 e. The van der Waals surface area contributed by atoms with Crippen molar-refractivity contribution in [1.29, 1.82) is 0 Å². The molecule has 2 aromatic rings. The lowest BCUT2D eigenvalue weighted by molar-refractivity contribution is -0.120. The summed E-state index contributed by atoms with van der Waals surface area (Å²) in [6.45, 7) is 1.96. The molecule has 6 nitrogen and oxygen atoms in total. The molecule has 112 valence electrons. The van der Waals surface area contributed by atoms with Gasteiger partial charge in [-0.1, -0.05) is 6.92 Å². The van der Waals surface area contributed by atoms with E-state index >= 15 is 0 Å². The zero-order chi connectivity index (χ0) is 15.4. The normalized spacial score (nSPS) is 10.4. The van der Waals surface area contributed by atoms with Crippen molar-refractivity contribution in [3.8, 4) is 11.5 Å². The number of aromatic nitrogens is 1. The average Bonchev–Trinajstić information content (AvgIpc) is 2.51. The zero-order valence-electron chi connectivity index (χ0n) is 12.3. The Morgan fingerprint density at radius 1 is 1.19 bits per heavy atom. The number of aromatic amines is 1. The fourth-order valence-corrected chi connectivity index (χ4v) is 2.03. The zero-order valence-corrected chi connectivity index (χ0v) is 12.3. The first-order valence-electron chi connectivity index (χ1n) is 6.63. The molecule has 0 saturated heterocycles. The predicted octanol–water partition coefficient (Wildman–Crippen LogP) is 1.57. The Hall–Kier alpha value is -2.50. The number of pyridine rings is 1. The van der Waals surface area contributed by atoms with Crippen LogP contribution in [0, 0.1) is 0 Å². The first-order chi connectivity index (χ1) is 10.1. The molecular formula is C15H18N2O4. The van der Waals surface area contributed by atoms with Crippen molar-refractivity contribution in [3.63, 3.8) is 0 Å². The van der Waals surface area contributed by atoms with Crippen LogP contribution in [0.25, 0.3) is 10.9 Å². The molecule has 1 aromatic heterocycles. The van der Waals surface area contributed by atoms with Gasteiger partial charge in [0.1, 0.15) is 0 Å². The number of amides is 1. The Kier molecular flexibility index (Phi) is 4.47. The lowest BCUT2D eigenvalue weighted by atomic mass is 10.1. The van der Waals surface area contributed by atoms with Crippen LogP contribution in [0.15, 0.2) is 23.0 Å². The molecule has 0 bridgehead atoms. The minimum absolute atomic E-state index is 0.0955. The van der Waals surface area contributed by atoms with E-state index in [0.717, 1.165) is 5.39 Å². The molecule has 0 fully saturated rings. The van der Waals surface area contributed by atoms with Crippen molar-refractivity contribution in [2.45, 2.75) is 19.9 Å².